The summed E-state index contributed by atoms with van der Waals surface area (Å²) < 4.78 is 33.6. The molecule has 0 bridgehead atoms. The largest absolute Gasteiger partial charge is 0.372 e. The summed E-state index contributed by atoms with van der Waals surface area (Å²) in [4.78, 5) is 6.90. The maximum Gasteiger partial charge on any atom is 0.244 e. The van der Waals surface area contributed by atoms with Crippen LogP contribution in [0.15, 0.2) is 53.6 Å². The first-order valence-electron chi connectivity index (χ1n) is 10.8. The number of hydrogen-bond acceptors (Lipinski definition) is 5. The molecule has 6 nitrogen and oxygen atoms in total. The van der Waals surface area contributed by atoms with Gasteiger partial charge in [0.2, 0.25) is 10.0 Å². The summed E-state index contributed by atoms with van der Waals surface area (Å²) in [7, 11) is -3.50. The van der Waals surface area contributed by atoms with Crippen LogP contribution in [0, 0.1) is 5.92 Å². The Morgan fingerprint density at radius 2 is 1.67 bits per heavy atom. The molecular formula is C23H31N3O3S. The molecule has 0 radical (unpaired) electrons. The average molecular weight is 430 g/mol. The van der Waals surface area contributed by atoms with Gasteiger partial charge in [-0.2, -0.15) is 4.31 Å². The Hall–Kier alpha value is -1.96. The number of benzene rings is 1. The third kappa shape index (κ3) is 4.85. The number of sulfonamides is 1. The van der Waals surface area contributed by atoms with E-state index in [0.717, 1.165) is 38.2 Å². The molecule has 0 amide bonds. The Bertz CT molecular complexity index is 916. The molecule has 0 aliphatic carbocycles. The zero-order chi connectivity index (χ0) is 21.1. The predicted octanol–water partition coefficient (Wildman–Crippen LogP) is 3.34. The zero-order valence-electron chi connectivity index (χ0n) is 17.8. The van der Waals surface area contributed by atoms with Crippen molar-refractivity contribution in [3.05, 3.63) is 54.2 Å². The third-order valence-corrected chi connectivity index (χ3v) is 7.93. The lowest BCUT2D eigenvalue weighted by Crippen LogP contribution is -2.45. The molecule has 3 heterocycles. The summed E-state index contributed by atoms with van der Waals surface area (Å²) in [6.07, 6.45) is 4.58. The van der Waals surface area contributed by atoms with Gasteiger partial charge in [-0.05, 0) is 56.7 Å². The molecule has 2 aliphatic heterocycles. The molecule has 0 saturated carbocycles. The number of anilines is 1. The molecule has 2 aromatic rings. The fourth-order valence-electron chi connectivity index (χ4n) is 4.53. The van der Waals surface area contributed by atoms with E-state index in [1.165, 1.54) is 11.8 Å². The molecule has 4 rings (SSSR count). The minimum atomic E-state index is -3.50. The van der Waals surface area contributed by atoms with E-state index in [0.29, 0.717) is 19.0 Å². The Labute approximate surface area is 179 Å². The molecule has 2 atom stereocenters. The van der Waals surface area contributed by atoms with Crippen LogP contribution in [0.2, 0.25) is 0 Å². The number of morpholine rings is 1. The van der Waals surface area contributed by atoms with Crippen molar-refractivity contribution >= 4 is 15.8 Å². The Morgan fingerprint density at radius 3 is 2.27 bits per heavy atom. The second-order valence-corrected chi connectivity index (χ2v) is 10.5. The normalized spacial score (nSPS) is 24.1. The second-order valence-electron chi connectivity index (χ2n) is 8.55. The van der Waals surface area contributed by atoms with E-state index in [1.54, 1.807) is 10.4 Å². The molecular weight excluding hydrogens is 398 g/mol. The van der Waals surface area contributed by atoms with Crippen molar-refractivity contribution in [2.75, 3.05) is 31.1 Å². The van der Waals surface area contributed by atoms with Crippen LogP contribution in [-0.4, -0.2) is 56.1 Å². The van der Waals surface area contributed by atoms with Crippen LogP contribution in [0.1, 0.15) is 32.3 Å². The van der Waals surface area contributed by atoms with Gasteiger partial charge in [-0.1, -0.05) is 30.3 Å². The van der Waals surface area contributed by atoms with Gasteiger partial charge in [0.15, 0.2) is 0 Å². The highest BCUT2D eigenvalue weighted by Crippen LogP contribution is 2.27. The lowest BCUT2D eigenvalue weighted by molar-refractivity contribution is -0.00546. The first-order valence-corrected chi connectivity index (χ1v) is 12.3. The fraction of sp³-hybridized carbons (Fsp3) is 0.522. The van der Waals surface area contributed by atoms with Crippen molar-refractivity contribution in [3.8, 4) is 0 Å². The van der Waals surface area contributed by atoms with E-state index in [1.807, 2.05) is 26.0 Å². The smallest absolute Gasteiger partial charge is 0.244 e. The first-order chi connectivity index (χ1) is 14.4. The average Bonchev–Trinajstić information content (AvgIpc) is 2.74. The van der Waals surface area contributed by atoms with Crippen molar-refractivity contribution in [2.45, 2.75) is 50.2 Å². The molecule has 0 N–H and O–H groups in total. The summed E-state index contributed by atoms with van der Waals surface area (Å²) in [6.45, 7) is 6.75. The van der Waals surface area contributed by atoms with Crippen molar-refractivity contribution in [1.82, 2.24) is 9.29 Å². The van der Waals surface area contributed by atoms with Crippen LogP contribution in [0.3, 0.4) is 0 Å². The van der Waals surface area contributed by atoms with Crippen molar-refractivity contribution in [1.29, 1.82) is 0 Å². The number of piperidine rings is 1. The highest BCUT2D eigenvalue weighted by Gasteiger charge is 2.30. The van der Waals surface area contributed by atoms with Crippen LogP contribution in [0.5, 0.6) is 0 Å². The Kier molecular flexibility index (Phi) is 6.41. The maximum atomic E-state index is 13.1. The molecule has 1 aromatic carbocycles. The standard InChI is InChI=1S/C23H31N3O3S/c1-18-16-25(17-19(2)29-18)23-9-8-22(15-24-23)30(27,28)26-12-10-21(11-13-26)14-20-6-4-3-5-7-20/h3-9,15,18-19,21H,10-14,16-17H2,1-2H3/t18-,19-/m0/s1. The summed E-state index contributed by atoms with van der Waals surface area (Å²) in [5, 5.41) is 0. The number of pyridine rings is 1. The van der Waals surface area contributed by atoms with Crippen LogP contribution >= 0.6 is 0 Å². The molecule has 162 valence electrons. The number of hydrogen-bond donors (Lipinski definition) is 0. The van der Waals surface area contributed by atoms with Gasteiger partial charge in [0.25, 0.3) is 0 Å². The van der Waals surface area contributed by atoms with E-state index in [4.69, 9.17) is 4.74 Å². The number of ether oxygens (including phenoxy) is 1. The van der Waals surface area contributed by atoms with Gasteiger partial charge in [-0.3, -0.25) is 0 Å². The van der Waals surface area contributed by atoms with Gasteiger partial charge < -0.3 is 9.64 Å². The first kappa shape index (κ1) is 21.3. The Morgan fingerprint density at radius 1 is 1.00 bits per heavy atom. The SMILES string of the molecule is C[C@H]1CN(c2ccc(S(=O)(=O)N3CCC(Cc4ccccc4)CC3)cn2)C[C@H](C)O1. The zero-order valence-corrected chi connectivity index (χ0v) is 18.6. The molecule has 7 heteroatoms. The van der Waals surface area contributed by atoms with Gasteiger partial charge in [0.05, 0.1) is 12.2 Å². The van der Waals surface area contributed by atoms with Gasteiger partial charge >= 0.3 is 0 Å². The quantitative estimate of drug-likeness (QED) is 0.730. The lowest BCUT2D eigenvalue weighted by Gasteiger charge is -2.36. The minimum absolute atomic E-state index is 0.135. The molecule has 0 unspecified atom stereocenters. The van der Waals surface area contributed by atoms with E-state index < -0.39 is 10.0 Å². The highest BCUT2D eigenvalue weighted by atomic mass is 32.2. The number of aromatic nitrogens is 1. The van der Waals surface area contributed by atoms with Gasteiger partial charge in [-0.15, -0.1) is 0 Å². The molecule has 30 heavy (non-hydrogen) atoms. The molecule has 2 saturated heterocycles. The second kappa shape index (κ2) is 9.04. The van der Waals surface area contributed by atoms with E-state index in [9.17, 15) is 8.42 Å². The maximum absolute atomic E-state index is 13.1. The van der Waals surface area contributed by atoms with Gasteiger partial charge in [-0.25, -0.2) is 13.4 Å². The van der Waals surface area contributed by atoms with E-state index >= 15 is 0 Å². The van der Waals surface area contributed by atoms with E-state index in [-0.39, 0.29) is 17.1 Å². The number of nitrogens with zero attached hydrogens (tertiary/aromatic N) is 3. The van der Waals surface area contributed by atoms with Gasteiger partial charge in [0, 0.05) is 32.4 Å². The highest BCUT2D eigenvalue weighted by molar-refractivity contribution is 7.89. The fourth-order valence-corrected chi connectivity index (χ4v) is 5.94. The number of rotatable bonds is 5. The summed E-state index contributed by atoms with van der Waals surface area (Å²) in [5.74, 6) is 1.34. The molecule has 2 fully saturated rings. The summed E-state index contributed by atoms with van der Waals surface area (Å²) in [5.41, 5.74) is 1.32. The molecule has 2 aliphatic rings. The predicted molar refractivity (Wildman–Crippen MR) is 118 cm³/mol. The molecule has 0 spiro atoms. The van der Waals surface area contributed by atoms with E-state index in [2.05, 4.69) is 34.1 Å². The van der Waals surface area contributed by atoms with Crippen molar-refractivity contribution in [3.63, 3.8) is 0 Å². The van der Waals surface area contributed by atoms with Crippen LogP contribution in [0.25, 0.3) is 0 Å². The Balaban J connectivity index is 1.38. The van der Waals surface area contributed by atoms with Crippen LogP contribution in [0.4, 0.5) is 5.82 Å². The van der Waals surface area contributed by atoms with Crippen molar-refractivity contribution in [2.24, 2.45) is 5.92 Å². The summed E-state index contributed by atoms with van der Waals surface area (Å²) >= 11 is 0. The van der Waals surface area contributed by atoms with Crippen LogP contribution in [-0.2, 0) is 21.2 Å². The van der Waals surface area contributed by atoms with Crippen molar-refractivity contribution < 1.29 is 13.2 Å². The third-order valence-electron chi connectivity index (χ3n) is 6.04. The van der Waals surface area contributed by atoms with Crippen LogP contribution < -0.4 is 4.90 Å². The lowest BCUT2D eigenvalue weighted by atomic mass is 9.91. The minimum Gasteiger partial charge on any atom is -0.372 e. The molecule has 1 aromatic heterocycles. The van der Waals surface area contributed by atoms with Gasteiger partial charge in [0.1, 0.15) is 10.7 Å². The summed E-state index contributed by atoms with van der Waals surface area (Å²) in [6, 6.07) is 13.9. The monoisotopic (exact) mass is 429 g/mol. The topological polar surface area (TPSA) is 62.7 Å².